The van der Waals surface area contributed by atoms with Crippen molar-refractivity contribution in [1.82, 2.24) is 8.88 Å². The van der Waals surface area contributed by atoms with E-state index >= 15 is 0 Å². The van der Waals surface area contributed by atoms with Crippen molar-refractivity contribution in [3.05, 3.63) is 205 Å². The van der Waals surface area contributed by atoms with Crippen LogP contribution in [0.2, 0.25) is 0 Å². The number of fused-ring (bicyclic) bond motifs is 18. The van der Waals surface area contributed by atoms with Gasteiger partial charge in [0, 0.05) is 76.6 Å². The average Bonchev–Trinajstić information content (AvgIpc) is 4.12. The van der Waals surface area contributed by atoms with Gasteiger partial charge in [0.2, 0.25) is 0 Å². The van der Waals surface area contributed by atoms with E-state index in [4.69, 9.17) is 4.42 Å². The van der Waals surface area contributed by atoms with E-state index in [0.29, 0.717) is 0 Å². The van der Waals surface area contributed by atoms with Crippen LogP contribution < -0.4 is 15.8 Å². The lowest BCUT2D eigenvalue weighted by Gasteiger charge is -2.42. The Morgan fingerprint density at radius 2 is 1.03 bits per heavy atom. The van der Waals surface area contributed by atoms with E-state index in [1.807, 2.05) is 0 Å². The number of hydrogen-bond donors (Lipinski definition) is 0. The molecule has 67 heavy (non-hydrogen) atoms. The third kappa shape index (κ3) is 4.44. The minimum Gasteiger partial charge on any atom is -0.455 e. The van der Waals surface area contributed by atoms with Crippen LogP contribution in [0.15, 0.2) is 199 Å². The van der Waals surface area contributed by atoms with Gasteiger partial charge in [-0.05, 0) is 113 Å². The molecule has 0 amide bonds. The molecule has 0 bridgehead atoms. The van der Waals surface area contributed by atoms with Gasteiger partial charge in [0.05, 0.1) is 22.2 Å². The van der Waals surface area contributed by atoms with Gasteiger partial charge in [-0.15, -0.1) is 0 Å². The zero-order valence-corrected chi connectivity index (χ0v) is 36.8. The minimum absolute atomic E-state index is 0.201. The molecule has 0 fully saturated rings. The molecule has 0 radical (unpaired) electrons. The number of para-hydroxylation sites is 4. The van der Waals surface area contributed by atoms with Crippen molar-refractivity contribution in [2.45, 2.75) is 13.8 Å². The molecule has 0 aliphatic carbocycles. The summed E-state index contributed by atoms with van der Waals surface area (Å²) >= 11 is 0. The summed E-state index contributed by atoms with van der Waals surface area (Å²) in [5, 5.41) is 9.86. The fraction of sp³-hybridized carbons (Fsp3) is 0.0323. The molecular weight excluding hydrogens is 814 g/mol. The number of nitrogens with zero attached hydrogens (tertiary/aromatic N) is 3. The number of aryl methyl sites for hydroxylation is 2. The van der Waals surface area contributed by atoms with Crippen LogP contribution >= 0.6 is 0 Å². The maximum atomic E-state index is 7.24. The normalized spacial score (nSPS) is 13.2. The van der Waals surface area contributed by atoms with Gasteiger partial charge in [0.15, 0.2) is 0 Å². The highest BCUT2D eigenvalue weighted by Gasteiger charge is 2.47. The molecule has 2 aliphatic rings. The summed E-state index contributed by atoms with van der Waals surface area (Å²) in [5.74, 6) is 0. The van der Waals surface area contributed by atoms with Crippen LogP contribution in [0.3, 0.4) is 0 Å². The van der Waals surface area contributed by atoms with Gasteiger partial charge in [0.25, 0.3) is 0 Å². The van der Waals surface area contributed by atoms with Gasteiger partial charge in [-0.2, -0.15) is 0 Å². The summed E-state index contributed by atoms with van der Waals surface area (Å²) in [6.07, 6.45) is 0. The second kappa shape index (κ2) is 12.6. The van der Waals surface area contributed by atoms with E-state index in [1.54, 1.807) is 0 Å². The molecule has 0 saturated heterocycles. The Labute approximate surface area is 385 Å². The maximum Gasteiger partial charge on any atom is 0.333 e. The van der Waals surface area contributed by atoms with E-state index in [1.165, 1.54) is 132 Å². The highest BCUT2D eigenvalue weighted by Crippen LogP contribution is 2.53. The second-order valence-corrected chi connectivity index (χ2v) is 18.8. The molecule has 0 unspecified atom stereocenters. The summed E-state index contributed by atoms with van der Waals surface area (Å²) in [4.78, 5) is 2.64. The number of furan rings is 1. The molecule has 4 aromatic heterocycles. The molecule has 0 spiro atoms. The standard InChI is InChI=1S/C62H38BN3O/c1-35-16-15-17-36(2)59(35)65-52-33-46-41-22-9-12-25-49(41)64-50-26-13-10-24-43(50)55(61(46)64)57(52)63-58-53(65)34-47-42-23-11-14-27-54(42)67-62(47)56(58)48-32-40(38-20-7-4-8-21-38)31-45-44-30-39(37-18-5-3-6-19-37)28-29-51(44)66(63)60(45)48/h3-34H,1-2H3. The van der Waals surface area contributed by atoms with Crippen molar-refractivity contribution in [2.75, 3.05) is 4.90 Å². The summed E-state index contributed by atoms with van der Waals surface area (Å²) in [5.41, 5.74) is 23.9. The van der Waals surface area contributed by atoms with Crippen molar-refractivity contribution < 1.29 is 4.42 Å². The molecule has 16 rings (SSSR count). The monoisotopic (exact) mass is 851 g/mol. The average molecular weight is 852 g/mol. The number of rotatable bonds is 3. The van der Waals surface area contributed by atoms with Crippen LogP contribution in [-0.2, 0) is 0 Å². The first-order valence-corrected chi connectivity index (χ1v) is 23.4. The fourth-order valence-corrected chi connectivity index (χ4v) is 12.8. The van der Waals surface area contributed by atoms with E-state index in [0.717, 1.165) is 21.9 Å². The minimum atomic E-state index is -0.201. The Bertz CT molecular complexity index is 4460. The SMILES string of the molecule is Cc1cccc(C)c1N1c2cc3c(oc4ccccc43)c3c2B(c2c1cc1c4ccccc4n4c5ccccc5c2c14)n1c2ccc(-c4ccccc4)cc2c2cc(-c4ccccc4)cc-3c21. The predicted octanol–water partition coefficient (Wildman–Crippen LogP) is 15.2. The van der Waals surface area contributed by atoms with E-state index in [2.05, 4.69) is 222 Å². The van der Waals surface area contributed by atoms with Crippen LogP contribution in [0.5, 0.6) is 0 Å². The molecule has 0 saturated carbocycles. The Kier molecular flexibility index (Phi) is 6.74. The Morgan fingerprint density at radius 1 is 0.418 bits per heavy atom. The first-order chi connectivity index (χ1) is 33.1. The number of anilines is 3. The molecule has 310 valence electrons. The zero-order valence-electron chi connectivity index (χ0n) is 36.8. The first-order valence-electron chi connectivity index (χ1n) is 23.4. The lowest BCUT2D eigenvalue weighted by atomic mass is 9.44. The highest BCUT2D eigenvalue weighted by molar-refractivity contribution is 6.92. The summed E-state index contributed by atoms with van der Waals surface area (Å²) in [7, 11) is 0. The number of hydrogen-bond acceptors (Lipinski definition) is 2. The maximum absolute atomic E-state index is 7.24. The lowest BCUT2D eigenvalue weighted by molar-refractivity contribution is 0.670. The topological polar surface area (TPSA) is 25.7 Å². The van der Waals surface area contributed by atoms with E-state index < -0.39 is 0 Å². The smallest absolute Gasteiger partial charge is 0.333 e. The molecule has 5 heteroatoms. The van der Waals surface area contributed by atoms with Gasteiger partial charge in [-0.3, -0.25) is 0 Å². The van der Waals surface area contributed by atoms with Crippen molar-refractivity contribution >= 4 is 117 Å². The van der Waals surface area contributed by atoms with Gasteiger partial charge >= 0.3 is 6.85 Å². The summed E-state index contributed by atoms with van der Waals surface area (Å²) in [6.45, 7) is 4.35. The third-order valence-electron chi connectivity index (χ3n) is 15.4. The molecule has 4 nitrogen and oxygen atoms in total. The third-order valence-corrected chi connectivity index (χ3v) is 15.4. The molecule has 10 aromatic carbocycles. The van der Waals surface area contributed by atoms with Crippen LogP contribution in [0.4, 0.5) is 17.1 Å². The van der Waals surface area contributed by atoms with Crippen molar-refractivity contribution in [3.63, 3.8) is 0 Å². The largest absolute Gasteiger partial charge is 0.455 e. The van der Waals surface area contributed by atoms with Gasteiger partial charge in [0.1, 0.15) is 11.2 Å². The van der Waals surface area contributed by atoms with E-state index in [-0.39, 0.29) is 6.85 Å². The predicted molar refractivity (Wildman–Crippen MR) is 282 cm³/mol. The summed E-state index contributed by atoms with van der Waals surface area (Å²) in [6, 6.07) is 72.2. The van der Waals surface area contributed by atoms with Crippen LogP contribution in [0, 0.1) is 13.8 Å². The highest BCUT2D eigenvalue weighted by atomic mass is 16.3. The zero-order chi connectivity index (χ0) is 43.8. The van der Waals surface area contributed by atoms with Crippen LogP contribution in [0.25, 0.3) is 115 Å². The summed E-state index contributed by atoms with van der Waals surface area (Å²) < 4.78 is 12.5. The van der Waals surface area contributed by atoms with Crippen molar-refractivity contribution in [3.8, 4) is 33.4 Å². The quantitative estimate of drug-likeness (QED) is 0.166. The van der Waals surface area contributed by atoms with Crippen molar-refractivity contribution in [1.29, 1.82) is 0 Å². The first kappa shape index (κ1) is 35.8. The van der Waals surface area contributed by atoms with E-state index in [9.17, 15) is 0 Å². The van der Waals surface area contributed by atoms with Crippen LogP contribution in [-0.4, -0.2) is 15.7 Å². The Morgan fingerprint density at radius 3 is 1.81 bits per heavy atom. The molecular formula is C62H38BN3O. The fourth-order valence-electron chi connectivity index (χ4n) is 12.8. The molecule has 0 N–H and O–H groups in total. The molecule has 2 aliphatic heterocycles. The van der Waals surface area contributed by atoms with Gasteiger partial charge < -0.3 is 18.2 Å². The van der Waals surface area contributed by atoms with Crippen molar-refractivity contribution in [2.24, 2.45) is 0 Å². The number of aromatic nitrogens is 2. The Balaban J connectivity index is 1.18. The van der Waals surface area contributed by atoms with Crippen LogP contribution in [0.1, 0.15) is 11.1 Å². The van der Waals surface area contributed by atoms with Gasteiger partial charge in [-0.25, -0.2) is 0 Å². The number of benzene rings is 10. The second-order valence-electron chi connectivity index (χ2n) is 18.8. The molecule has 0 atom stereocenters. The molecule has 14 aromatic rings. The molecule has 6 heterocycles. The van der Waals surface area contributed by atoms with Gasteiger partial charge in [-0.1, -0.05) is 140 Å². The Hall–Kier alpha value is -8.54. The lowest BCUT2D eigenvalue weighted by Crippen LogP contribution is -2.57.